The van der Waals surface area contributed by atoms with E-state index in [1.165, 1.54) is 10.9 Å². The molecule has 3 N–H and O–H groups in total. The number of rotatable bonds is 2. The Hall–Kier alpha value is -3.44. The van der Waals surface area contributed by atoms with E-state index in [0.29, 0.717) is 42.8 Å². The Balaban J connectivity index is 1.62. The molecule has 1 saturated heterocycles. The molecule has 2 aliphatic heterocycles. The molecule has 2 atom stereocenters. The van der Waals surface area contributed by atoms with Gasteiger partial charge in [0.2, 0.25) is 5.95 Å². The second-order valence-electron chi connectivity index (χ2n) is 8.30. The zero-order chi connectivity index (χ0) is 22.9. The summed E-state index contributed by atoms with van der Waals surface area (Å²) in [7, 11) is 1.77. The summed E-state index contributed by atoms with van der Waals surface area (Å²) < 4.78 is 13.0. The van der Waals surface area contributed by atoms with Crippen LogP contribution in [0.15, 0.2) is 24.5 Å². The molecule has 11 heteroatoms. The van der Waals surface area contributed by atoms with Gasteiger partial charge in [0.1, 0.15) is 6.33 Å². The third-order valence-corrected chi connectivity index (χ3v) is 6.03. The molecule has 5 rings (SSSR count). The van der Waals surface area contributed by atoms with Crippen LogP contribution in [0.1, 0.15) is 19.4 Å². The number of anilines is 4. The normalized spacial score (nSPS) is 21.4. The van der Waals surface area contributed by atoms with Gasteiger partial charge in [0.05, 0.1) is 32.0 Å². The van der Waals surface area contributed by atoms with Gasteiger partial charge in [0, 0.05) is 31.5 Å². The molecular weight excluding hydrogens is 424 g/mol. The van der Waals surface area contributed by atoms with Crippen molar-refractivity contribution in [2.24, 2.45) is 0 Å². The molecule has 0 saturated carbocycles. The first kappa shape index (κ1) is 21.4. The highest BCUT2D eigenvalue weighted by atomic mass is 16.5. The van der Waals surface area contributed by atoms with E-state index >= 15 is 0 Å². The number of morpholine rings is 1. The molecule has 4 heterocycles. The number of aromatic nitrogens is 4. The Morgan fingerprint density at radius 2 is 1.97 bits per heavy atom. The maximum atomic E-state index is 12.9. The van der Waals surface area contributed by atoms with Crippen LogP contribution in [0.5, 0.6) is 0 Å². The summed E-state index contributed by atoms with van der Waals surface area (Å²) in [6, 6.07) is 5.70. The van der Waals surface area contributed by atoms with Crippen LogP contribution in [0.4, 0.5) is 27.9 Å². The highest BCUT2D eigenvalue weighted by Crippen LogP contribution is 2.28. The van der Waals surface area contributed by atoms with Crippen LogP contribution in [-0.2, 0) is 16.1 Å². The first-order valence-electron chi connectivity index (χ1n) is 11.1. The molecule has 174 valence electrons. The lowest BCUT2D eigenvalue weighted by molar-refractivity contribution is 0.0337. The summed E-state index contributed by atoms with van der Waals surface area (Å²) in [4.78, 5) is 28.8. The summed E-state index contributed by atoms with van der Waals surface area (Å²) in [5.74, 6) is 0.904. The fourth-order valence-corrected chi connectivity index (χ4v) is 4.00. The van der Waals surface area contributed by atoms with Gasteiger partial charge in [-0.3, -0.25) is 0 Å². The minimum absolute atomic E-state index is 0.201. The Bertz CT molecular complexity index is 1170. The monoisotopic (exact) mass is 452 g/mol. The van der Waals surface area contributed by atoms with Crippen molar-refractivity contribution < 1.29 is 14.3 Å². The molecule has 33 heavy (non-hydrogen) atoms. The van der Waals surface area contributed by atoms with Crippen molar-refractivity contribution in [1.29, 1.82) is 0 Å². The maximum Gasteiger partial charge on any atom is 0.328 e. The summed E-state index contributed by atoms with van der Waals surface area (Å²) in [5, 5.41) is 9.35. The number of ether oxygens (including phenoxy) is 2. The minimum Gasteiger partial charge on any atom is -0.378 e. The van der Waals surface area contributed by atoms with Gasteiger partial charge in [-0.15, -0.1) is 0 Å². The van der Waals surface area contributed by atoms with E-state index in [-0.39, 0.29) is 18.2 Å². The van der Waals surface area contributed by atoms with Crippen LogP contribution in [0.3, 0.4) is 0 Å². The first-order chi connectivity index (χ1) is 16.0. The van der Waals surface area contributed by atoms with Gasteiger partial charge in [-0.1, -0.05) is 0 Å². The van der Waals surface area contributed by atoms with Crippen molar-refractivity contribution in [2.45, 2.75) is 32.6 Å². The van der Waals surface area contributed by atoms with Crippen molar-refractivity contribution in [1.82, 2.24) is 24.8 Å². The summed E-state index contributed by atoms with van der Waals surface area (Å²) >= 11 is 0. The van der Waals surface area contributed by atoms with Crippen LogP contribution in [0, 0.1) is 0 Å². The number of nitrogens with one attached hydrogen (secondary N) is 3. The molecule has 1 fully saturated rings. The topological polar surface area (TPSA) is 118 Å². The number of fused-ring (bicyclic) bond motifs is 3. The standard InChI is InChI=1S/C22H28N8O3/c1-13-14(2)33-11-15-8-16(10-17(9-15)29-4-6-32-7-5-29)26-21-27-19(23-3)18-20(28-21)30(12-24-18)22(31)25-13/h8-10,12-14H,4-7,11H2,1-3H3,(H,25,31)(H2,23,26,27,28)/t13-,14-/m1/s1. The number of carbonyl (C=O) groups is 1. The number of amides is 1. The Morgan fingerprint density at radius 3 is 2.76 bits per heavy atom. The van der Waals surface area contributed by atoms with Gasteiger partial charge in [0.25, 0.3) is 0 Å². The molecule has 2 aliphatic rings. The molecule has 3 aromatic rings. The number of imidazole rings is 1. The maximum absolute atomic E-state index is 12.9. The van der Waals surface area contributed by atoms with Crippen molar-refractivity contribution >= 4 is 40.3 Å². The zero-order valence-corrected chi connectivity index (χ0v) is 19.0. The van der Waals surface area contributed by atoms with Crippen molar-refractivity contribution in [3.8, 4) is 0 Å². The second kappa shape index (κ2) is 8.83. The molecule has 11 nitrogen and oxygen atoms in total. The van der Waals surface area contributed by atoms with Crippen LogP contribution < -0.4 is 20.9 Å². The van der Waals surface area contributed by atoms with Gasteiger partial charge in [-0.25, -0.2) is 14.3 Å². The fourth-order valence-electron chi connectivity index (χ4n) is 4.00. The number of hydrogen-bond donors (Lipinski definition) is 3. The van der Waals surface area contributed by atoms with Crippen molar-refractivity contribution in [3.05, 3.63) is 30.1 Å². The van der Waals surface area contributed by atoms with Gasteiger partial charge in [-0.05, 0) is 37.6 Å². The molecule has 4 bridgehead atoms. The molecule has 0 radical (unpaired) electrons. The van der Waals surface area contributed by atoms with E-state index in [0.717, 1.165) is 30.0 Å². The van der Waals surface area contributed by atoms with E-state index < -0.39 is 0 Å². The largest absolute Gasteiger partial charge is 0.378 e. The van der Waals surface area contributed by atoms with Crippen LogP contribution in [-0.4, -0.2) is 71.0 Å². The summed E-state index contributed by atoms with van der Waals surface area (Å²) in [5.41, 5.74) is 3.88. The predicted molar refractivity (Wildman–Crippen MR) is 125 cm³/mol. The smallest absolute Gasteiger partial charge is 0.328 e. The summed E-state index contributed by atoms with van der Waals surface area (Å²) in [6.07, 6.45) is 1.26. The minimum atomic E-state index is -0.322. The predicted octanol–water partition coefficient (Wildman–Crippen LogP) is 2.31. The average Bonchev–Trinajstić information content (AvgIpc) is 3.26. The molecule has 0 aliphatic carbocycles. The average molecular weight is 453 g/mol. The molecular formula is C22H28N8O3. The lowest BCUT2D eigenvalue weighted by atomic mass is 10.1. The molecule has 1 aromatic carbocycles. The Morgan fingerprint density at radius 1 is 1.15 bits per heavy atom. The van der Waals surface area contributed by atoms with Gasteiger partial charge in [-0.2, -0.15) is 9.97 Å². The van der Waals surface area contributed by atoms with Crippen LogP contribution >= 0.6 is 0 Å². The van der Waals surface area contributed by atoms with E-state index in [9.17, 15) is 4.79 Å². The quantitative estimate of drug-likeness (QED) is 0.538. The highest BCUT2D eigenvalue weighted by Gasteiger charge is 2.22. The number of benzene rings is 1. The molecule has 0 spiro atoms. The van der Waals surface area contributed by atoms with Crippen LogP contribution in [0.2, 0.25) is 0 Å². The van der Waals surface area contributed by atoms with E-state index in [1.54, 1.807) is 7.05 Å². The third kappa shape index (κ3) is 4.29. The van der Waals surface area contributed by atoms with E-state index in [2.05, 4.69) is 47.9 Å². The van der Waals surface area contributed by atoms with Crippen molar-refractivity contribution in [3.63, 3.8) is 0 Å². The number of hydrogen-bond acceptors (Lipinski definition) is 9. The number of carbonyl (C=O) groups excluding carboxylic acids is 1. The molecule has 1 amide bonds. The Labute approximate surface area is 191 Å². The molecule has 2 aromatic heterocycles. The zero-order valence-electron chi connectivity index (χ0n) is 19.0. The van der Waals surface area contributed by atoms with Crippen molar-refractivity contribution in [2.75, 3.05) is 48.9 Å². The van der Waals surface area contributed by atoms with Crippen LogP contribution in [0.25, 0.3) is 11.2 Å². The first-order valence-corrected chi connectivity index (χ1v) is 11.1. The summed E-state index contributed by atoms with van der Waals surface area (Å²) in [6.45, 7) is 7.34. The lowest BCUT2D eigenvalue weighted by Gasteiger charge is -2.30. The molecule has 0 unspecified atom stereocenters. The number of nitrogens with zero attached hydrogens (tertiary/aromatic N) is 5. The fraction of sp³-hybridized carbons (Fsp3) is 0.455. The van der Waals surface area contributed by atoms with E-state index in [1.807, 2.05) is 19.9 Å². The lowest BCUT2D eigenvalue weighted by Crippen LogP contribution is -2.42. The highest BCUT2D eigenvalue weighted by molar-refractivity contribution is 5.92. The Kier molecular flexibility index (Phi) is 5.73. The second-order valence-corrected chi connectivity index (χ2v) is 8.30. The SMILES string of the molecule is CNc1nc2nc3c1ncn3C(=O)N[C@H](C)[C@@H](C)OCc1cc(cc(N3CCOCC3)c1)N2. The van der Waals surface area contributed by atoms with Gasteiger partial charge < -0.3 is 30.3 Å². The third-order valence-electron chi connectivity index (χ3n) is 6.03. The van der Waals surface area contributed by atoms with E-state index in [4.69, 9.17) is 9.47 Å². The van der Waals surface area contributed by atoms with Gasteiger partial charge in [0.15, 0.2) is 17.0 Å². The van der Waals surface area contributed by atoms with Gasteiger partial charge >= 0.3 is 6.03 Å².